The summed E-state index contributed by atoms with van der Waals surface area (Å²) in [6, 6.07) is 57.9. The van der Waals surface area contributed by atoms with Crippen molar-refractivity contribution < 1.29 is 0 Å². The van der Waals surface area contributed by atoms with Gasteiger partial charge in [-0.05, 0) is 140 Å². The molecule has 0 aliphatic carbocycles. The molecule has 1 nitrogen and oxygen atoms in total. The van der Waals surface area contributed by atoms with Crippen molar-refractivity contribution in [3.63, 3.8) is 0 Å². The van der Waals surface area contributed by atoms with Crippen molar-refractivity contribution in [2.24, 2.45) is 0 Å². The first kappa shape index (κ1) is 43.7. The highest BCUT2D eigenvalue weighted by Gasteiger charge is 2.28. The second-order valence-corrected chi connectivity index (χ2v) is 17.8. The van der Waals surface area contributed by atoms with Crippen LogP contribution < -0.4 is 21.3 Å². The Bertz CT molecular complexity index is 2430. The minimum atomic E-state index is 0.170. The Labute approximate surface area is 373 Å². The van der Waals surface area contributed by atoms with Gasteiger partial charge in [0.25, 0.3) is 0 Å². The van der Waals surface area contributed by atoms with Gasteiger partial charge in [-0.25, -0.2) is 0 Å². The molecule has 2 heteroatoms. The van der Waals surface area contributed by atoms with Crippen molar-refractivity contribution in [1.29, 1.82) is 0 Å². The predicted octanol–water partition coefficient (Wildman–Crippen LogP) is 14.4. The van der Waals surface area contributed by atoms with Crippen molar-refractivity contribution >= 4 is 40.2 Å². The summed E-state index contributed by atoms with van der Waals surface area (Å²) in [5.74, 6) is 0. The third-order valence-electron chi connectivity index (χ3n) is 12.4. The summed E-state index contributed by atoms with van der Waals surface area (Å²) in [7, 11) is 0. The fourth-order valence-corrected chi connectivity index (χ4v) is 10.1. The summed E-state index contributed by atoms with van der Waals surface area (Å²) >= 11 is 0. The Kier molecular flexibility index (Phi) is 13.2. The summed E-state index contributed by atoms with van der Waals surface area (Å²) in [6.45, 7) is 27.0. The van der Waals surface area contributed by atoms with Gasteiger partial charge in [-0.3, -0.25) is 0 Å². The molecule has 0 amide bonds. The Morgan fingerprint density at radius 2 is 0.565 bits per heavy atom. The largest absolute Gasteiger partial charge is 0.309 e. The molecule has 0 saturated heterocycles. The molecule has 0 saturated carbocycles. The van der Waals surface area contributed by atoms with Crippen LogP contribution in [0, 0.1) is 83.1 Å². The topological polar surface area (TPSA) is 3.24 Å². The SMILES string of the molecule is Cc1cc(C)c(B(c2ccc(-c3ccc(N(c4c(C)cc(C)cc4C)c4c(C)cc(C)cc4C)cc3)cc2)c2c(C)cc(C)cc2C)c(C)c1.c1ccc(-c2ccccc2)cc1. The summed E-state index contributed by atoms with van der Waals surface area (Å²) < 4.78 is 0. The van der Waals surface area contributed by atoms with E-state index in [0.717, 1.165) is 0 Å². The number of aryl methyl sites for hydroxylation is 12. The molecule has 8 aromatic rings. The zero-order valence-electron chi connectivity index (χ0n) is 39.0. The standard InChI is InChI=1S/C48H52BN.C12H10/c1-29-21-33(5)45(34(6)22-29)49(46-35(7)23-30(2)24-36(46)8)43-17-13-41(14-18-43)42-15-19-44(20-16-42)50(47-37(9)25-31(3)26-38(47)10)48-39(11)27-32(4)28-40(48)12;1-3-7-11(8-4-1)12-9-5-2-6-10-12/h13-28H,1-12H3;1-10H. The van der Waals surface area contributed by atoms with Crippen LogP contribution in [0.5, 0.6) is 0 Å². The van der Waals surface area contributed by atoms with Gasteiger partial charge >= 0.3 is 0 Å². The van der Waals surface area contributed by atoms with Gasteiger partial charge < -0.3 is 4.90 Å². The summed E-state index contributed by atoms with van der Waals surface area (Å²) in [5.41, 5.74) is 28.7. The first-order valence-corrected chi connectivity index (χ1v) is 22.1. The van der Waals surface area contributed by atoms with Gasteiger partial charge in [0.2, 0.25) is 6.71 Å². The van der Waals surface area contributed by atoms with Crippen molar-refractivity contribution in [3.05, 3.63) is 224 Å². The third kappa shape index (κ3) is 9.41. The highest BCUT2D eigenvalue weighted by Crippen LogP contribution is 2.43. The number of benzene rings is 8. The predicted molar refractivity (Wildman–Crippen MR) is 273 cm³/mol. The second kappa shape index (κ2) is 18.7. The van der Waals surface area contributed by atoms with Crippen molar-refractivity contribution in [1.82, 2.24) is 0 Å². The number of hydrogen-bond donors (Lipinski definition) is 0. The van der Waals surface area contributed by atoms with E-state index in [1.807, 2.05) is 12.1 Å². The molecule has 0 radical (unpaired) electrons. The second-order valence-electron chi connectivity index (χ2n) is 17.8. The van der Waals surface area contributed by atoms with Gasteiger partial charge in [-0.1, -0.05) is 206 Å². The van der Waals surface area contributed by atoms with E-state index in [1.54, 1.807) is 0 Å². The van der Waals surface area contributed by atoms with E-state index < -0.39 is 0 Å². The van der Waals surface area contributed by atoms with E-state index in [2.05, 4.69) is 234 Å². The van der Waals surface area contributed by atoms with Crippen LogP contribution in [-0.2, 0) is 0 Å². The Hall–Kier alpha value is -6.38. The van der Waals surface area contributed by atoms with Crippen molar-refractivity contribution in [2.75, 3.05) is 4.90 Å². The van der Waals surface area contributed by atoms with Crippen LogP contribution in [0.25, 0.3) is 22.3 Å². The van der Waals surface area contributed by atoms with Gasteiger partial charge in [0.15, 0.2) is 0 Å². The lowest BCUT2D eigenvalue weighted by Crippen LogP contribution is -2.55. The van der Waals surface area contributed by atoms with Crippen LogP contribution in [0.2, 0.25) is 0 Å². The molecule has 0 N–H and O–H groups in total. The number of nitrogens with zero attached hydrogens (tertiary/aromatic N) is 1. The van der Waals surface area contributed by atoms with Crippen LogP contribution in [0.4, 0.5) is 17.1 Å². The Morgan fingerprint density at radius 1 is 0.290 bits per heavy atom. The lowest BCUT2D eigenvalue weighted by atomic mass is 9.34. The fraction of sp³-hybridized carbons (Fsp3) is 0.200. The van der Waals surface area contributed by atoms with E-state index in [1.165, 1.54) is 122 Å². The average molecular weight is 808 g/mol. The van der Waals surface area contributed by atoms with E-state index >= 15 is 0 Å². The van der Waals surface area contributed by atoms with E-state index in [-0.39, 0.29) is 6.71 Å². The minimum Gasteiger partial charge on any atom is -0.309 e. The molecule has 0 aliphatic heterocycles. The average Bonchev–Trinajstić information content (AvgIpc) is 3.22. The smallest absolute Gasteiger partial charge is 0.242 e. The molecular formula is C60H62BN. The van der Waals surface area contributed by atoms with Crippen LogP contribution in [0.1, 0.15) is 66.8 Å². The van der Waals surface area contributed by atoms with Gasteiger partial charge in [0, 0.05) is 5.69 Å². The van der Waals surface area contributed by atoms with Crippen LogP contribution in [-0.4, -0.2) is 6.71 Å². The molecule has 0 atom stereocenters. The monoisotopic (exact) mass is 807 g/mol. The van der Waals surface area contributed by atoms with E-state index in [0.29, 0.717) is 0 Å². The van der Waals surface area contributed by atoms with Gasteiger partial charge in [0.05, 0.1) is 11.4 Å². The Balaban J connectivity index is 0.000000412. The first-order chi connectivity index (χ1) is 29.7. The fourth-order valence-electron chi connectivity index (χ4n) is 10.1. The minimum absolute atomic E-state index is 0.170. The van der Waals surface area contributed by atoms with Crippen LogP contribution in [0.15, 0.2) is 158 Å². The quantitative estimate of drug-likeness (QED) is 0.138. The molecule has 0 bridgehead atoms. The van der Waals surface area contributed by atoms with Gasteiger partial charge in [-0.15, -0.1) is 0 Å². The molecule has 8 rings (SSSR count). The van der Waals surface area contributed by atoms with Crippen molar-refractivity contribution in [3.8, 4) is 22.3 Å². The zero-order valence-corrected chi connectivity index (χ0v) is 39.0. The van der Waals surface area contributed by atoms with Crippen LogP contribution >= 0.6 is 0 Å². The van der Waals surface area contributed by atoms with Gasteiger partial charge in [-0.2, -0.15) is 0 Å². The third-order valence-corrected chi connectivity index (χ3v) is 12.4. The summed E-state index contributed by atoms with van der Waals surface area (Å²) in [6.07, 6.45) is 0. The summed E-state index contributed by atoms with van der Waals surface area (Å²) in [4.78, 5) is 2.48. The van der Waals surface area contributed by atoms with E-state index in [4.69, 9.17) is 0 Å². The highest BCUT2D eigenvalue weighted by atomic mass is 15.2. The molecular weight excluding hydrogens is 745 g/mol. The van der Waals surface area contributed by atoms with E-state index in [9.17, 15) is 0 Å². The molecule has 8 aromatic carbocycles. The summed E-state index contributed by atoms with van der Waals surface area (Å²) in [5, 5.41) is 0. The first-order valence-electron chi connectivity index (χ1n) is 22.1. The number of anilines is 3. The van der Waals surface area contributed by atoms with Crippen molar-refractivity contribution in [2.45, 2.75) is 83.1 Å². The lowest BCUT2D eigenvalue weighted by molar-refractivity contribution is 1.16. The molecule has 62 heavy (non-hydrogen) atoms. The number of hydrogen-bond acceptors (Lipinski definition) is 1. The normalized spacial score (nSPS) is 10.9. The molecule has 0 aliphatic rings. The zero-order chi connectivity index (χ0) is 44.2. The highest BCUT2D eigenvalue weighted by molar-refractivity contribution is 6.96. The molecule has 0 fully saturated rings. The molecule has 0 spiro atoms. The Morgan fingerprint density at radius 3 is 0.887 bits per heavy atom. The molecule has 310 valence electrons. The molecule has 0 heterocycles. The maximum absolute atomic E-state index is 2.48. The van der Waals surface area contributed by atoms with Gasteiger partial charge in [0.1, 0.15) is 0 Å². The lowest BCUT2D eigenvalue weighted by Gasteiger charge is -2.32. The molecule has 0 aromatic heterocycles. The maximum atomic E-state index is 2.48. The van der Waals surface area contributed by atoms with Crippen LogP contribution in [0.3, 0.4) is 0 Å². The number of rotatable bonds is 8. The maximum Gasteiger partial charge on any atom is 0.242 e. The molecule has 0 unspecified atom stereocenters.